The quantitative estimate of drug-likeness (QED) is 0.771. The maximum atomic E-state index is 13.9. The number of methoxy groups -OCH3 is 1. The van der Waals surface area contributed by atoms with E-state index < -0.39 is 35.3 Å². The Balaban J connectivity index is 1.93. The summed E-state index contributed by atoms with van der Waals surface area (Å²) in [4.78, 5) is 28.2. The summed E-state index contributed by atoms with van der Waals surface area (Å²) in [6.45, 7) is 3.73. The second kappa shape index (κ2) is 7.96. The van der Waals surface area contributed by atoms with Crippen molar-refractivity contribution in [2.24, 2.45) is 5.73 Å². The van der Waals surface area contributed by atoms with Crippen LogP contribution in [0.3, 0.4) is 0 Å². The number of nitrogens with two attached hydrogens (primary N) is 1. The average Bonchev–Trinajstić information content (AvgIpc) is 2.99. The number of nitrogens with zero attached hydrogens (tertiary/aromatic N) is 1. The number of aromatic nitrogens is 1. The van der Waals surface area contributed by atoms with Crippen LogP contribution in [0.5, 0.6) is 5.75 Å². The van der Waals surface area contributed by atoms with Gasteiger partial charge in [-0.05, 0) is 38.5 Å². The van der Waals surface area contributed by atoms with E-state index in [0.717, 1.165) is 0 Å². The van der Waals surface area contributed by atoms with Crippen LogP contribution in [0.4, 0.5) is 10.1 Å². The number of pyridine rings is 1. The predicted octanol–water partition coefficient (Wildman–Crippen LogP) is 3.27. The number of benzene rings is 1. The molecule has 3 rings (SSSR count). The van der Waals surface area contributed by atoms with Crippen molar-refractivity contribution in [1.29, 1.82) is 0 Å². The van der Waals surface area contributed by atoms with Crippen LogP contribution in [0.15, 0.2) is 30.5 Å². The van der Waals surface area contributed by atoms with Crippen LogP contribution in [0.1, 0.15) is 42.2 Å². The molecular formula is C20H21ClFN3O4. The molecule has 29 heavy (non-hydrogen) atoms. The maximum absolute atomic E-state index is 13.9. The molecule has 0 spiro atoms. The molecule has 0 radical (unpaired) electrons. The highest BCUT2D eigenvalue weighted by Crippen LogP contribution is 2.46. The van der Waals surface area contributed by atoms with Crippen molar-refractivity contribution < 1.29 is 23.5 Å². The Hall–Kier alpha value is -2.71. The highest BCUT2D eigenvalue weighted by molar-refractivity contribution is 6.32. The fourth-order valence-electron chi connectivity index (χ4n) is 3.52. The summed E-state index contributed by atoms with van der Waals surface area (Å²) in [6.07, 6.45) is 0.979. The number of hydrogen-bond donors (Lipinski definition) is 2. The maximum Gasteiger partial charge on any atom is 0.267 e. The molecule has 1 aliphatic rings. The van der Waals surface area contributed by atoms with Crippen molar-refractivity contribution in [2.45, 2.75) is 37.9 Å². The molecule has 154 valence electrons. The second-order valence-corrected chi connectivity index (χ2v) is 7.75. The van der Waals surface area contributed by atoms with E-state index in [0.29, 0.717) is 17.7 Å². The van der Waals surface area contributed by atoms with Crippen LogP contribution in [0.2, 0.25) is 5.02 Å². The molecule has 1 saturated heterocycles. The van der Waals surface area contributed by atoms with Gasteiger partial charge in [-0.2, -0.15) is 0 Å². The van der Waals surface area contributed by atoms with E-state index in [2.05, 4.69) is 10.3 Å². The largest absolute Gasteiger partial charge is 0.495 e. The Morgan fingerprint density at radius 3 is 2.76 bits per heavy atom. The van der Waals surface area contributed by atoms with Gasteiger partial charge >= 0.3 is 0 Å². The van der Waals surface area contributed by atoms with Gasteiger partial charge in [-0.15, -0.1) is 0 Å². The number of amides is 2. The molecule has 2 aromatic rings. The van der Waals surface area contributed by atoms with Crippen LogP contribution in [-0.4, -0.2) is 35.6 Å². The van der Waals surface area contributed by atoms with Crippen LogP contribution in [0.25, 0.3) is 0 Å². The average molecular weight is 422 g/mol. The van der Waals surface area contributed by atoms with Gasteiger partial charge in [0.05, 0.1) is 12.7 Å². The van der Waals surface area contributed by atoms with Crippen LogP contribution < -0.4 is 15.8 Å². The van der Waals surface area contributed by atoms with E-state index in [-0.39, 0.29) is 16.5 Å². The first kappa shape index (κ1) is 21.0. The van der Waals surface area contributed by atoms with Gasteiger partial charge in [0.2, 0.25) is 0 Å². The lowest BCUT2D eigenvalue weighted by Gasteiger charge is -2.21. The Labute approximate surface area is 172 Å². The van der Waals surface area contributed by atoms with Crippen molar-refractivity contribution >= 4 is 29.1 Å². The molecule has 9 heteroatoms. The summed E-state index contributed by atoms with van der Waals surface area (Å²) < 4.78 is 25.2. The van der Waals surface area contributed by atoms with Crippen molar-refractivity contribution in [1.82, 2.24) is 4.98 Å². The van der Waals surface area contributed by atoms with Crippen LogP contribution in [-0.2, 0) is 9.53 Å². The first-order valence-electron chi connectivity index (χ1n) is 8.89. The lowest BCUT2D eigenvalue weighted by Crippen LogP contribution is -2.33. The molecule has 0 unspecified atom stereocenters. The molecule has 7 nitrogen and oxygen atoms in total. The normalized spacial score (nSPS) is 20.3. The van der Waals surface area contributed by atoms with E-state index in [4.69, 9.17) is 26.8 Å². The molecule has 0 saturated carbocycles. The third-order valence-electron chi connectivity index (χ3n) is 4.75. The van der Waals surface area contributed by atoms with Crippen LogP contribution >= 0.6 is 11.6 Å². The molecule has 1 aromatic carbocycles. The minimum atomic E-state index is -0.884. The summed E-state index contributed by atoms with van der Waals surface area (Å²) in [5.41, 5.74) is 5.59. The number of halogens is 2. The minimum Gasteiger partial charge on any atom is -0.495 e. The van der Waals surface area contributed by atoms with E-state index >= 15 is 0 Å². The number of rotatable bonds is 5. The number of primary amides is 1. The SMILES string of the molecule is COc1c([C@@H]2CC(C)(C)O[C@H]2C(=O)Nc2ccnc(C(N)=O)c2)ccc(F)c1Cl. The molecule has 2 heterocycles. The Bertz CT molecular complexity index is 967. The third kappa shape index (κ3) is 4.33. The molecule has 1 fully saturated rings. The summed E-state index contributed by atoms with van der Waals surface area (Å²) in [5, 5.41) is 2.58. The summed E-state index contributed by atoms with van der Waals surface area (Å²) in [6, 6.07) is 5.70. The molecule has 0 aliphatic carbocycles. The highest BCUT2D eigenvalue weighted by atomic mass is 35.5. The lowest BCUT2D eigenvalue weighted by molar-refractivity contribution is -0.130. The molecule has 3 N–H and O–H groups in total. The number of ether oxygens (including phenoxy) is 2. The third-order valence-corrected chi connectivity index (χ3v) is 5.10. The summed E-state index contributed by atoms with van der Waals surface area (Å²) >= 11 is 6.06. The molecule has 2 amide bonds. The second-order valence-electron chi connectivity index (χ2n) is 7.38. The molecule has 1 aromatic heterocycles. The Morgan fingerprint density at radius 2 is 2.10 bits per heavy atom. The van der Waals surface area contributed by atoms with Crippen LogP contribution in [0, 0.1) is 5.82 Å². The number of nitrogens with one attached hydrogen (secondary N) is 1. The zero-order valence-corrected chi connectivity index (χ0v) is 16.9. The van der Waals surface area contributed by atoms with Gasteiger partial charge < -0.3 is 20.5 Å². The van der Waals surface area contributed by atoms with Gasteiger partial charge in [0.25, 0.3) is 11.8 Å². The van der Waals surface area contributed by atoms with E-state index in [1.807, 2.05) is 13.8 Å². The van der Waals surface area contributed by atoms with Gasteiger partial charge in [-0.25, -0.2) is 4.39 Å². The molecule has 1 aliphatic heterocycles. The zero-order chi connectivity index (χ0) is 21.3. The smallest absolute Gasteiger partial charge is 0.267 e. The first-order chi connectivity index (χ1) is 13.6. The van der Waals surface area contributed by atoms with Gasteiger partial charge in [0.1, 0.15) is 28.4 Å². The van der Waals surface area contributed by atoms with Gasteiger partial charge in [0, 0.05) is 23.4 Å². The zero-order valence-electron chi connectivity index (χ0n) is 16.2. The molecular weight excluding hydrogens is 401 g/mol. The van der Waals surface area contributed by atoms with E-state index in [1.54, 1.807) is 6.07 Å². The lowest BCUT2D eigenvalue weighted by atomic mass is 9.87. The Kier molecular flexibility index (Phi) is 5.77. The van der Waals surface area contributed by atoms with Gasteiger partial charge in [-0.3, -0.25) is 14.6 Å². The Morgan fingerprint density at radius 1 is 1.38 bits per heavy atom. The molecule has 2 atom stereocenters. The van der Waals surface area contributed by atoms with Crippen molar-refractivity contribution in [2.75, 3.05) is 12.4 Å². The van der Waals surface area contributed by atoms with Crippen molar-refractivity contribution in [3.8, 4) is 5.75 Å². The number of carbonyl (C=O) groups excluding carboxylic acids is 2. The highest BCUT2D eigenvalue weighted by Gasteiger charge is 2.46. The van der Waals surface area contributed by atoms with Gasteiger partial charge in [-0.1, -0.05) is 17.7 Å². The van der Waals surface area contributed by atoms with E-state index in [9.17, 15) is 14.0 Å². The molecule has 0 bridgehead atoms. The summed E-state index contributed by atoms with van der Waals surface area (Å²) in [7, 11) is 1.39. The number of hydrogen-bond acceptors (Lipinski definition) is 5. The first-order valence-corrected chi connectivity index (χ1v) is 9.27. The number of anilines is 1. The monoisotopic (exact) mass is 421 g/mol. The topological polar surface area (TPSA) is 104 Å². The fraction of sp³-hybridized carbons (Fsp3) is 0.350. The van der Waals surface area contributed by atoms with Crippen molar-refractivity contribution in [3.05, 3.63) is 52.6 Å². The minimum absolute atomic E-state index is 0.0269. The van der Waals surface area contributed by atoms with Crippen molar-refractivity contribution in [3.63, 3.8) is 0 Å². The standard InChI is InChI=1S/C20H21ClFN3O4/c1-20(2)9-12(11-4-5-13(22)15(21)16(11)28-3)17(29-20)19(27)25-10-6-7-24-14(8-10)18(23)26/h4-8,12,17H,9H2,1-3H3,(H2,23,26)(H,24,25,27)/t12-,17+/m0/s1. The number of carbonyl (C=O) groups is 2. The summed E-state index contributed by atoms with van der Waals surface area (Å²) in [5.74, 6) is -1.99. The predicted molar refractivity (Wildman–Crippen MR) is 106 cm³/mol. The van der Waals surface area contributed by atoms with E-state index in [1.165, 1.54) is 31.5 Å². The van der Waals surface area contributed by atoms with Gasteiger partial charge in [0.15, 0.2) is 0 Å². The fourth-order valence-corrected chi connectivity index (χ4v) is 3.77.